The lowest BCUT2D eigenvalue weighted by Crippen LogP contribution is -2.43. The molecule has 4 heteroatoms. The molecule has 3 rings (SSSR count). The summed E-state index contributed by atoms with van der Waals surface area (Å²) in [6.07, 6.45) is 10.3. The molecule has 0 bridgehead atoms. The number of nitrogens with one attached hydrogen (secondary N) is 1. The summed E-state index contributed by atoms with van der Waals surface area (Å²) in [4.78, 5) is 17.4. The number of anilines is 2. The average Bonchev–Trinajstić information content (AvgIpc) is 3.02. The van der Waals surface area contributed by atoms with Crippen LogP contribution in [0.1, 0.15) is 65.2 Å². The summed E-state index contributed by atoms with van der Waals surface area (Å²) in [7, 11) is 0. The van der Waals surface area contributed by atoms with Crippen LogP contribution in [-0.4, -0.2) is 42.5 Å². The van der Waals surface area contributed by atoms with Crippen molar-refractivity contribution < 1.29 is 4.79 Å². The average molecular weight is 358 g/mol. The fourth-order valence-electron chi connectivity index (χ4n) is 4.42. The van der Waals surface area contributed by atoms with Crippen molar-refractivity contribution in [3.8, 4) is 0 Å². The molecule has 1 amide bonds. The highest BCUT2D eigenvalue weighted by atomic mass is 16.2. The SMILES string of the molecule is CC(C)N(CC(=O)Nc1ccc(N2CCCCCC2)cc1)C1CCCC1. The van der Waals surface area contributed by atoms with Gasteiger partial charge in [0.15, 0.2) is 0 Å². The summed E-state index contributed by atoms with van der Waals surface area (Å²) >= 11 is 0. The number of nitrogens with zero attached hydrogens (tertiary/aromatic N) is 2. The summed E-state index contributed by atoms with van der Waals surface area (Å²) in [6, 6.07) is 9.39. The minimum absolute atomic E-state index is 0.105. The molecular formula is C22H35N3O. The van der Waals surface area contributed by atoms with Crippen LogP contribution in [0.3, 0.4) is 0 Å². The monoisotopic (exact) mass is 357 g/mol. The third-order valence-electron chi connectivity index (χ3n) is 5.91. The normalized spacial score (nSPS) is 19.2. The van der Waals surface area contributed by atoms with Crippen LogP contribution in [0, 0.1) is 0 Å². The Hall–Kier alpha value is -1.55. The van der Waals surface area contributed by atoms with E-state index in [1.165, 1.54) is 57.1 Å². The first-order chi connectivity index (χ1) is 12.6. The zero-order chi connectivity index (χ0) is 18.4. The van der Waals surface area contributed by atoms with E-state index in [2.05, 4.69) is 41.1 Å². The zero-order valence-electron chi connectivity index (χ0n) is 16.5. The molecule has 1 saturated carbocycles. The second kappa shape index (κ2) is 9.40. The fraction of sp³-hybridized carbons (Fsp3) is 0.682. The van der Waals surface area contributed by atoms with Crippen molar-refractivity contribution in [1.82, 2.24) is 4.90 Å². The molecule has 1 heterocycles. The maximum atomic E-state index is 12.6. The third kappa shape index (κ3) is 5.23. The van der Waals surface area contributed by atoms with E-state index >= 15 is 0 Å². The molecule has 1 aliphatic carbocycles. The standard InChI is InChI=1S/C22H35N3O/c1-18(2)25(21-9-5-6-10-21)17-22(26)23-19-11-13-20(14-12-19)24-15-7-3-4-8-16-24/h11-14,18,21H,3-10,15-17H2,1-2H3,(H,23,26). The van der Waals surface area contributed by atoms with Crippen LogP contribution >= 0.6 is 0 Å². The Bertz CT molecular complexity index is 555. The van der Waals surface area contributed by atoms with E-state index in [-0.39, 0.29) is 5.91 Å². The van der Waals surface area contributed by atoms with Gasteiger partial charge in [-0.2, -0.15) is 0 Å². The predicted octanol–water partition coefficient (Wildman–Crippen LogP) is 4.66. The topological polar surface area (TPSA) is 35.6 Å². The molecule has 0 atom stereocenters. The van der Waals surface area contributed by atoms with Gasteiger partial charge in [0.2, 0.25) is 5.91 Å². The lowest BCUT2D eigenvalue weighted by atomic mass is 10.1. The molecule has 1 N–H and O–H groups in total. The van der Waals surface area contributed by atoms with Gasteiger partial charge in [-0.25, -0.2) is 0 Å². The fourth-order valence-corrected chi connectivity index (χ4v) is 4.42. The second-order valence-electron chi connectivity index (χ2n) is 8.20. The number of hydrogen-bond acceptors (Lipinski definition) is 3. The van der Waals surface area contributed by atoms with Crippen molar-refractivity contribution in [3.63, 3.8) is 0 Å². The molecule has 1 saturated heterocycles. The van der Waals surface area contributed by atoms with Crippen LogP contribution in [0.4, 0.5) is 11.4 Å². The Kier molecular flexibility index (Phi) is 6.95. The number of carbonyl (C=O) groups is 1. The molecule has 0 aromatic heterocycles. The minimum Gasteiger partial charge on any atom is -0.372 e. The maximum absolute atomic E-state index is 12.6. The highest BCUT2D eigenvalue weighted by Crippen LogP contribution is 2.25. The van der Waals surface area contributed by atoms with Crippen LogP contribution < -0.4 is 10.2 Å². The molecule has 0 spiro atoms. The molecule has 1 aromatic carbocycles. The molecule has 2 aliphatic rings. The van der Waals surface area contributed by atoms with Crippen molar-refractivity contribution in [2.45, 2.75) is 77.3 Å². The van der Waals surface area contributed by atoms with Crippen LogP contribution in [0.2, 0.25) is 0 Å². The lowest BCUT2D eigenvalue weighted by molar-refractivity contribution is -0.118. The van der Waals surface area contributed by atoms with Crippen molar-refractivity contribution in [2.75, 3.05) is 29.9 Å². The van der Waals surface area contributed by atoms with E-state index in [9.17, 15) is 4.79 Å². The van der Waals surface area contributed by atoms with E-state index in [0.29, 0.717) is 18.6 Å². The van der Waals surface area contributed by atoms with Gasteiger partial charge in [-0.3, -0.25) is 9.69 Å². The van der Waals surface area contributed by atoms with Crippen molar-refractivity contribution in [3.05, 3.63) is 24.3 Å². The molecule has 0 radical (unpaired) electrons. The Balaban J connectivity index is 1.55. The Labute approximate surface area is 158 Å². The van der Waals surface area contributed by atoms with Gasteiger partial charge in [-0.1, -0.05) is 25.7 Å². The first-order valence-electron chi connectivity index (χ1n) is 10.5. The molecule has 2 fully saturated rings. The van der Waals surface area contributed by atoms with E-state index in [0.717, 1.165) is 18.8 Å². The summed E-state index contributed by atoms with van der Waals surface area (Å²) < 4.78 is 0. The van der Waals surface area contributed by atoms with Gasteiger partial charge in [-0.15, -0.1) is 0 Å². The summed E-state index contributed by atoms with van der Waals surface area (Å²) in [5.41, 5.74) is 2.18. The summed E-state index contributed by atoms with van der Waals surface area (Å²) in [5.74, 6) is 0.105. The number of hydrogen-bond donors (Lipinski definition) is 1. The van der Waals surface area contributed by atoms with E-state index in [4.69, 9.17) is 0 Å². The second-order valence-corrected chi connectivity index (χ2v) is 8.20. The number of benzene rings is 1. The summed E-state index contributed by atoms with van der Waals surface area (Å²) in [6.45, 7) is 7.19. The quantitative estimate of drug-likeness (QED) is 0.804. The maximum Gasteiger partial charge on any atom is 0.238 e. The van der Waals surface area contributed by atoms with Gasteiger partial charge in [0.1, 0.15) is 0 Å². The van der Waals surface area contributed by atoms with E-state index in [1.807, 2.05) is 12.1 Å². The van der Waals surface area contributed by atoms with Gasteiger partial charge < -0.3 is 10.2 Å². The largest absolute Gasteiger partial charge is 0.372 e. The van der Waals surface area contributed by atoms with Gasteiger partial charge in [-0.05, 0) is 63.8 Å². The van der Waals surface area contributed by atoms with Crippen molar-refractivity contribution in [2.24, 2.45) is 0 Å². The number of rotatable bonds is 6. The van der Waals surface area contributed by atoms with Gasteiger partial charge >= 0.3 is 0 Å². The zero-order valence-corrected chi connectivity index (χ0v) is 16.5. The first kappa shape index (κ1) is 19.2. The Morgan fingerprint density at radius 3 is 2.23 bits per heavy atom. The lowest BCUT2D eigenvalue weighted by Gasteiger charge is -2.31. The molecule has 1 aliphatic heterocycles. The Morgan fingerprint density at radius 1 is 1.04 bits per heavy atom. The Morgan fingerprint density at radius 2 is 1.65 bits per heavy atom. The number of amides is 1. The highest BCUT2D eigenvalue weighted by Gasteiger charge is 2.26. The van der Waals surface area contributed by atoms with Crippen molar-refractivity contribution in [1.29, 1.82) is 0 Å². The molecule has 26 heavy (non-hydrogen) atoms. The summed E-state index contributed by atoms with van der Waals surface area (Å²) in [5, 5.41) is 3.09. The van der Waals surface area contributed by atoms with E-state index in [1.54, 1.807) is 0 Å². The first-order valence-corrected chi connectivity index (χ1v) is 10.5. The molecule has 144 valence electrons. The van der Waals surface area contributed by atoms with Gasteiger partial charge in [0, 0.05) is 36.5 Å². The van der Waals surface area contributed by atoms with Crippen LogP contribution in [-0.2, 0) is 4.79 Å². The highest BCUT2D eigenvalue weighted by molar-refractivity contribution is 5.92. The van der Waals surface area contributed by atoms with Crippen LogP contribution in [0.15, 0.2) is 24.3 Å². The van der Waals surface area contributed by atoms with Crippen molar-refractivity contribution >= 4 is 17.3 Å². The third-order valence-corrected chi connectivity index (χ3v) is 5.91. The molecular weight excluding hydrogens is 322 g/mol. The van der Waals surface area contributed by atoms with Gasteiger partial charge in [0.05, 0.1) is 6.54 Å². The van der Waals surface area contributed by atoms with Gasteiger partial charge in [0.25, 0.3) is 0 Å². The van der Waals surface area contributed by atoms with Crippen LogP contribution in [0.25, 0.3) is 0 Å². The smallest absolute Gasteiger partial charge is 0.238 e. The van der Waals surface area contributed by atoms with E-state index < -0.39 is 0 Å². The molecule has 4 nitrogen and oxygen atoms in total. The van der Waals surface area contributed by atoms with Crippen LogP contribution in [0.5, 0.6) is 0 Å². The molecule has 0 unspecified atom stereocenters. The minimum atomic E-state index is 0.105. The number of carbonyl (C=O) groups excluding carboxylic acids is 1. The predicted molar refractivity (Wildman–Crippen MR) is 110 cm³/mol. The molecule has 1 aromatic rings.